The maximum absolute atomic E-state index is 10.8. The zero-order valence-electron chi connectivity index (χ0n) is 5.84. The van der Waals surface area contributed by atoms with Gasteiger partial charge in [0.05, 0.1) is 6.04 Å². The van der Waals surface area contributed by atoms with E-state index >= 15 is 0 Å². The van der Waals surface area contributed by atoms with Crippen molar-refractivity contribution in [3.8, 4) is 0 Å². The van der Waals surface area contributed by atoms with Gasteiger partial charge in [-0.1, -0.05) is 0 Å². The van der Waals surface area contributed by atoms with Crippen molar-refractivity contribution < 1.29 is 4.79 Å². The van der Waals surface area contributed by atoms with Gasteiger partial charge in [0.1, 0.15) is 0 Å². The van der Waals surface area contributed by atoms with E-state index in [0.717, 1.165) is 6.42 Å². The van der Waals surface area contributed by atoms with Crippen LogP contribution in [0.2, 0.25) is 0 Å². The number of fused-ring (bicyclic) bond motifs is 2. The maximum atomic E-state index is 10.8. The summed E-state index contributed by atoms with van der Waals surface area (Å²) in [5, 5.41) is 3.22. The number of carbonyl (C=O) groups is 1. The first-order chi connectivity index (χ1) is 4.77. The molecule has 2 aliphatic rings. The van der Waals surface area contributed by atoms with Crippen molar-refractivity contribution in [1.29, 1.82) is 0 Å². The quantitative estimate of drug-likeness (QED) is 0.521. The highest BCUT2D eigenvalue weighted by Gasteiger charge is 2.41. The monoisotopic (exact) mass is 140 g/mol. The molecule has 3 atom stereocenters. The lowest BCUT2D eigenvalue weighted by Crippen LogP contribution is -2.45. The minimum absolute atomic E-state index is 0.0150. The average molecular weight is 140 g/mol. The summed E-state index contributed by atoms with van der Waals surface area (Å²) in [4.78, 5) is 10.8. The number of rotatable bonds is 1. The molecule has 2 bridgehead atoms. The molecule has 1 saturated heterocycles. The molecular formula is C7H12N2O. The van der Waals surface area contributed by atoms with Gasteiger partial charge in [0, 0.05) is 6.04 Å². The van der Waals surface area contributed by atoms with Crippen LogP contribution in [0.4, 0.5) is 0 Å². The molecule has 10 heavy (non-hydrogen) atoms. The molecule has 0 radical (unpaired) electrons. The van der Waals surface area contributed by atoms with E-state index in [4.69, 9.17) is 5.73 Å². The van der Waals surface area contributed by atoms with Gasteiger partial charge in [-0.15, -0.1) is 0 Å². The summed E-state index contributed by atoms with van der Waals surface area (Å²) in [5.41, 5.74) is 5.18. The van der Waals surface area contributed by atoms with Crippen LogP contribution in [-0.4, -0.2) is 18.0 Å². The number of hydrogen-bond donors (Lipinski definition) is 2. The van der Waals surface area contributed by atoms with Crippen LogP contribution in [0.5, 0.6) is 0 Å². The fourth-order valence-corrected chi connectivity index (χ4v) is 2.17. The molecular weight excluding hydrogens is 128 g/mol. The standard InChI is InChI=1S/C7H12N2O/c8-7(10)6-4-1-2-5(3-4)9-6/h4-6,9H,1-3H2,(H2,8,10)/t4?,5?,6-/m0/s1. The molecule has 1 amide bonds. The molecule has 0 aromatic rings. The van der Waals surface area contributed by atoms with Gasteiger partial charge in [0.2, 0.25) is 5.91 Å². The van der Waals surface area contributed by atoms with Gasteiger partial charge in [-0.05, 0) is 25.2 Å². The third kappa shape index (κ3) is 0.736. The molecule has 1 heterocycles. The summed E-state index contributed by atoms with van der Waals surface area (Å²) in [6.07, 6.45) is 3.58. The molecule has 0 aromatic heterocycles. The lowest BCUT2D eigenvalue weighted by atomic mass is 10.00. The van der Waals surface area contributed by atoms with E-state index in [2.05, 4.69) is 5.32 Å². The fraction of sp³-hybridized carbons (Fsp3) is 0.857. The Morgan fingerprint density at radius 3 is 2.60 bits per heavy atom. The molecule has 2 unspecified atom stereocenters. The smallest absolute Gasteiger partial charge is 0.234 e. The van der Waals surface area contributed by atoms with Crippen LogP contribution in [0, 0.1) is 5.92 Å². The van der Waals surface area contributed by atoms with E-state index in [1.165, 1.54) is 12.8 Å². The lowest BCUT2D eigenvalue weighted by molar-refractivity contribution is -0.120. The van der Waals surface area contributed by atoms with Gasteiger partial charge in [-0.3, -0.25) is 4.79 Å². The summed E-state index contributed by atoms with van der Waals surface area (Å²) >= 11 is 0. The largest absolute Gasteiger partial charge is 0.368 e. The van der Waals surface area contributed by atoms with E-state index in [1.807, 2.05) is 0 Å². The van der Waals surface area contributed by atoms with E-state index in [0.29, 0.717) is 12.0 Å². The molecule has 56 valence electrons. The minimum atomic E-state index is -0.174. The van der Waals surface area contributed by atoms with Crippen LogP contribution in [-0.2, 0) is 4.79 Å². The van der Waals surface area contributed by atoms with Gasteiger partial charge in [-0.2, -0.15) is 0 Å². The molecule has 2 fully saturated rings. The highest BCUT2D eigenvalue weighted by molar-refractivity contribution is 5.80. The van der Waals surface area contributed by atoms with E-state index in [9.17, 15) is 4.79 Å². The molecule has 0 aromatic carbocycles. The Bertz CT molecular complexity index is 169. The normalized spacial score (nSPS) is 44.2. The van der Waals surface area contributed by atoms with Gasteiger partial charge >= 0.3 is 0 Å². The van der Waals surface area contributed by atoms with E-state index < -0.39 is 0 Å². The summed E-state index contributed by atoms with van der Waals surface area (Å²) in [5.74, 6) is 0.370. The highest BCUT2D eigenvalue weighted by Crippen LogP contribution is 2.34. The van der Waals surface area contributed by atoms with E-state index in [-0.39, 0.29) is 11.9 Å². The first-order valence-corrected chi connectivity index (χ1v) is 3.83. The van der Waals surface area contributed by atoms with Crippen LogP contribution in [0.25, 0.3) is 0 Å². The van der Waals surface area contributed by atoms with Gasteiger partial charge in [-0.25, -0.2) is 0 Å². The molecule has 3 heteroatoms. The number of hydrogen-bond acceptors (Lipinski definition) is 2. The number of nitrogens with one attached hydrogen (secondary N) is 1. The number of carbonyl (C=O) groups excluding carboxylic acids is 1. The van der Waals surface area contributed by atoms with Crippen molar-refractivity contribution in [2.75, 3.05) is 0 Å². The number of primary amides is 1. The molecule has 1 aliphatic carbocycles. The average Bonchev–Trinajstić information content (AvgIpc) is 2.44. The summed E-state index contributed by atoms with van der Waals surface area (Å²) in [6, 6.07) is 0.571. The zero-order chi connectivity index (χ0) is 7.14. The Kier molecular flexibility index (Phi) is 1.20. The first kappa shape index (κ1) is 6.16. The van der Waals surface area contributed by atoms with Crippen molar-refractivity contribution in [2.45, 2.75) is 31.3 Å². The molecule has 1 aliphatic heterocycles. The van der Waals surface area contributed by atoms with Crippen LogP contribution in [0.15, 0.2) is 0 Å². The Hall–Kier alpha value is -0.570. The molecule has 2 rings (SSSR count). The summed E-state index contributed by atoms with van der Waals surface area (Å²) < 4.78 is 0. The third-order valence-electron chi connectivity index (χ3n) is 2.67. The summed E-state index contributed by atoms with van der Waals surface area (Å²) in [7, 11) is 0. The Morgan fingerprint density at radius 1 is 1.50 bits per heavy atom. The second-order valence-electron chi connectivity index (χ2n) is 3.32. The third-order valence-corrected chi connectivity index (χ3v) is 2.67. The molecule has 1 saturated carbocycles. The maximum Gasteiger partial charge on any atom is 0.234 e. The molecule has 3 nitrogen and oxygen atoms in total. The molecule has 0 spiro atoms. The number of amides is 1. The van der Waals surface area contributed by atoms with Crippen LogP contribution >= 0.6 is 0 Å². The van der Waals surface area contributed by atoms with Crippen LogP contribution in [0.1, 0.15) is 19.3 Å². The second kappa shape index (κ2) is 1.95. The van der Waals surface area contributed by atoms with Gasteiger partial charge in [0.15, 0.2) is 0 Å². The zero-order valence-corrected chi connectivity index (χ0v) is 5.84. The Balaban J connectivity index is 2.08. The predicted octanol–water partition coefficient (Wildman–Crippen LogP) is -0.388. The minimum Gasteiger partial charge on any atom is -0.368 e. The summed E-state index contributed by atoms with van der Waals surface area (Å²) in [6.45, 7) is 0. The predicted molar refractivity (Wildman–Crippen MR) is 37.2 cm³/mol. The fourth-order valence-electron chi connectivity index (χ4n) is 2.17. The van der Waals surface area contributed by atoms with Crippen molar-refractivity contribution in [2.24, 2.45) is 11.7 Å². The van der Waals surface area contributed by atoms with Gasteiger partial charge in [0.25, 0.3) is 0 Å². The van der Waals surface area contributed by atoms with Gasteiger partial charge < -0.3 is 11.1 Å². The van der Waals surface area contributed by atoms with Crippen LogP contribution in [0.3, 0.4) is 0 Å². The highest BCUT2D eigenvalue weighted by atomic mass is 16.1. The van der Waals surface area contributed by atoms with Crippen molar-refractivity contribution >= 4 is 5.91 Å². The van der Waals surface area contributed by atoms with Crippen LogP contribution < -0.4 is 11.1 Å². The first-order valence-electron chi connectivity index (χ1n) is 3.83. The van der Waals surface area contributed by atoms with E-state index in [1.54, 1.807) is 0 Å². The topological polar surface area (TPSA) is 55.1 Å². The molecule has 3 N–H and O–H groups in total. The SMILES string of the molecule is NC(=O)[C@H]1NC2CCC1C2. The lowest BCUT2D eigenvalue weighted by Gasteiger charge is -2.19. The van der Waals surface area contributed by atoms with Crippen molar-refractivity contribution in [3.05, 3.63) is 0 Å². The number of piperidine rings is 1. The second-order valence-corrected chi connectivity index (χ2v) is 3.32. The van der Waals surface area contributed by atoms with Crippen molar-refractivity contribution in [3.63, 3.8) is 0 Å². The Labute approximate surface area is 60.0 Å². The number of nitrogens with two attached hydrogens (primary N) is 1. The van der Waals surface area contributed by atoms with Crippen molar-refractivity contribution in [1.82, 2.24) is 5.32 Å². The Morgan fingerprint density at radius 2 is 2.30 bits per heavy atom.